The zero-order valence-corrected chi connectivity index (χ0v) is 10.0. The third-order valence-electron chi connectivity index (χ3n) is 2.64. The molecule has 1 N–H and O–H groups in total. The maximum Gasteiger partial charge on any atom is 0.194 e. The van der Waals surface area contributed by atoms with Gasteiger partial charge in [0.05, 0.1) is 0 Å². The van der Waals surface area contributed by atoms with Crippen LogP contribution in [-0.2, 0) is 0 Å². The lowest BCUT2D eigenvalue weighted by atomic mass is 9.91. The molecule has 2 nitrogen and oxygen atoms in total. The maximum absolute atomic E-state index is 11.9. The van der Waals surface area contributed by atoms with E-state index in [-0.39, 0.29) is 5.78 Å². The Hall–Kier alpha value is -1.15. The van der Waals surface area contributed by atoms with Crippen LogP contribution in [0.25, 0.3) is 0 Å². The molecule has 1 rings (SSSR count). The average molecular weight is 206 g/mol. The fourth-order valence-corrected chi connectivity index (χ4v) is 1.53. The van der Waals surface area contributed by atoms with Gasteiger partial charge in [-0.2, -0.15) is 0 Å². The van der Waals surface area contributed by atoms with Crippen LogP contribution < -0.4 is 0 Å². The third kappa shape index (κ3) is 2.45. The number of aliphatic hydroxyl groups is 1. The number of carbonyl (C=O) groups is 1. The number of benzene rings is 1. The second-order valence-electron chi connectivity index (χ2n) is 4.64. The molecule has 82 valence electrons. The van der Waals surface area contributed by atoms with E-state index in [2.05, 4.69) is 0 Å². The third-order valence-corrected chi connectivity index (χ3v) is 2.64. The van der Waals surface area contributed by atoms with E-state index in [1.54, 1.807) is 0 Å². The minimum atomic E-state index is -1.30. The summed E-state index contributed by atoms with van der Waals surface area (Å²) in [6, 6.07) is 3.83. The number of hydrogen-bond donors (Lipinski definition) is 1. The molecule has 1 aromatic rings. The second kappa shape index (κ2) is 3.78. The van der Waals surface area contributed by atoms with Crippen LogP contribution in [0, 0.1) is 20.8 Å². The zero-order valence-electron chi connectivity index (χ0n) is 10.0. The molecule has 0 aliphatic heterocycles. The molecule has 0 heterocycles. The van der Waals surface area contributed by atoms with Crippen molar-refractivity contribution in [2.24, 2.45) is 0 Å². The molecule has 2 heteroatoms. The van der Waals surface area contributed by atoms with E-state index < -0.39 is 5.60 Å². The normalized spacial score (nSPS) is 11.6. The molecule has 0 saturated carbocycles. The minimum Gasteiger partial charge on any atom is -0.382 e. The van der Waals surface area contributed by atoms with Gasteiger partial charge in [0.2, 0.25) is 0 Å². The summed E-state index contributed by atoms with van der Waals surface area (Å²) in [5, 5.41) is 9.67. The lowest BCUT2D eigenvalue weighted by Gasteiger charge is -2.18. The summed E-state index contributed by atoms with van der Waals surface area (Å²) in [6.45, 7) is 8.91. The van der Waals surface area contributed by atoms with Gasteiger partial charge in [-0.15, -0.1) is 0 Å². The monoisotopic (exact) mass is 206 g/mol. The highest BCUT2D eigenvalue weighted by Gasteiger charge is 2.26. The number of carbonyl (C=O) groups excluding carboxylic acids is 1. The number of aryl methyl sites for hydroxylation is 3. The maximum atomic E-state index is 11.9. The highest BCUT2D eigenvalue weighted by Crippen LogP contribution is 2.20. The van der Waals surface area contributed by atoms with Crippen molar-refractivity contribution in [2.45, 2.75) is 40.2 Å². The molecule has 0 aliphatic rings. The average Bonchev–Trinajstić information content (AvgIpc) is 2.08. The van der Waals surface area contributed by atoms with Gasteiger partial charge in [-0.1, -0.05) is 6.07 Å². The van der Waals surface area contributed by atoms with Crippen LogP contribution in [-0.4, -0.2) is 16.5 Å². The molecular formula is C13H18O2. The van der Waals surface area contributed by atoms with Gasteiger partial charge in [0.1, 0.15) is 5.60 Å². The molecule has 0 fully saturated rings. The predicted octanol–water partition coefficient (Wildman–Crippen LogP) is 2.57. The quantitative estimate of drug-likeness (QED) is 0.755. The number of rotatable bonds is 2. The van der Waals surface area contributed by atoms with Crippen LogP contribution in [0.2, 0.25) is 0 Å². The molecule has 0 bridgehead atoms. The van der Waals surface area contributed by atoms with Crippen LogP contribution in [0.15, 0.2) is 12.1 Å². The summed E-state index contributed by atoms with van der Waals surface area (Å²) >= 11 is 0. The summed E-state index contributed by atoms with van der Waals surface area (Å²) in [6.07, 6.45) is 0. The first kappa shape index (κ1) is 11.9. The lowest BCUT2D eigenvalue weighted by molar-refractivity contribution is 0.0487. The number of Topliss-reactive ketones (excluding diaryl/α,β-unsaturated/α-hetero) is 1. The van der Waals surface area contributed by atoms with Gasteiger partial charge in [-0.05, 0) is 57.4 Å². The number of hydrogen-bond acceptors (Lipinski definition) is 2. The Morgan fingerprint density at radius 3 is 2.00 bits per heavy atom. The van der Waals surface area contributed by atoms with Crippen molar-refractivity contribution >= 4 is 5.78 Å². The van der Waals surface area contributed by atoms with Crippen LogP contribution in [0.3, 0.4) is 0 Å². The van der Waals surface area contributed by atoms with Crippen LogP contribution in [0.1, 0.15) is 40.9 Å². The highest BCUT2D eigenvalue weighted by molar-refractivity contribution is 6.03. The molecular weight excluding hydrogens is 188 g/mol. The summed E-state index contributed by atoms with van der Waals surface area (Å²) in [4.78, 5) is 11.9. The Balaban J connectivity index is 3.28. The summed E-state index contributed by atoms with van der Waals surface area (Å²) in [5.74, 6) is -0.219. The molecule has 0 amide bonds. The highest BCUT2D eigenvalue weighted by atomic mass is 16.3. The fourth-order valence-electron chi connectivity index (χ4n) is 1.53. The summed E-state index contributed by atoms with van der Waals surface area (Å²) in [7, 11) is 0. The molecule has 0 aliphatic carbocycles. The molecule has 0 spiro atoms. The molecule has 0 unspecified atom stereocenters. The van der Waals surface area contributed by atoms with Crippen molar-refractivity contribution in [3.63, 3.8) is 0 Å². The van der Waals surface area contributed by atoms with Crippen molar-refractivity contribution in [3.05, 3.63) is 34.4 Å². The van der Waals surface area contributed by atoms with E-state index in [1.165, 1.54) is 19.4 Å². The van der Waals surface area contributed by atoms with E-state index in [0.717, 1.165) is 11.1 Å². The molecule has 1 aromatic carbocycles. The van der Waals surface area contributed by atoms with Crippen LogP contribution >= 0.6 is 0 Å². The summed E-state index contributed by atoms with van der Waals surface area (Å²) in [5.41, 5.74) is 2.48. The molecule has 0 radical (unpaired) electrons. The molecule has 0 atom stereocenters. The predicted molar refractivity (Wildman–Crippen MR) is 61.3 cm³/mol. The first-order valence-electron chi connectivity index (χ1n) is 5.08. The first-order chi connectivity index (χ1) is 6.73. The van der Waals surface area contributed by atoms with Crippen molar-refractivity contribution in [3.8, 4) is 0 Å². The van der Waals surface area contributed by atoms with Crippen LogP contribution in [0.4, 0.5) is 0 Å². The minimum absolute atomic E-state index is 0.219. The van der Waals surface area contributed by atoms with E-state index in [1.807, 2.05) is 32.9 Å². The SMILES string of the molecule is Cc1cc(C)c(C(=O)C(C)(C)O)cc1C. The van der Waals surface area contributed by atoms with Crippen molar-refractivity contribution in [1.82, 2.24) is 0 Å². The standard InChI is InChI=1S/C13H18O2/c1-8-6-10(3)11(7-9(8)2)12(14)13(4,5)15/h6-7,15H,1-5H3. The van der Waals surface area contributed by atoms with Crippen molar-refractivity contribution in [1.29, 1.82) is 0 Å². The smallest absolute Gasteiger partial charge is 0.194 e. The first-order valence-corrected chi connectivity index (χ1v) is 5.08. The molecule has 0 aromatic heterocycles. The number of ketones is 1. The Morgan fingerprint density at radius 1 is 1.07 bits per heavy atom. The van der Waals surface area contributed by atoms with Gasteiger partial charge in [-0.3, -0.25) is 4.79 Å². The largest absolute Gasteiger partial charge is 0.382 e. The fraction of sp³-hybridized carbons (Fsp3) is 0.462. The topological polar surface area (TPSA) is 37.3 Å². The van der Waals surface area contributed by atoms with E-state index in [4.69, 9.17) is 0 Å². The van der Waals surface area contributed by atoms with Gasteiger partial charge in [-0.25, -0.2) is 0 Å². The van der Waals surface area contributed by atoms with Gasteiger partial charge in [0.15, 0.2) is 5.78 Å². The Kier molecular flexibility index (Phi) is 3.00. The second-order valence-corrected chi connectivity index (χ2v) is 4.64. The molecule has 0 saturated heterocycles. The van der Waals surface area contributed by atoms with Crippen molar-refractivity contribution < 1.29 is 9.90 Å². The summed E-state index contributed by atoms with van der Waals surface area (Å²) < 4.78 is 0. The van der Waals surface area contributed by atoms with Crippen LogP contribution in [0.5, 0.6) is 0 Å². The van der Waals surface area contributed by atoms with Crippen molar-refractivity contribution in [2.75, 3.05) is 0 Å². The lowest BCUT2D eigenvalue weighted by Crippen LogP contribution is -2.31. The van der Waals surface area contributed by atoms with E-state index in [9.17, 15) is 9.90 Å². The Bertz CT molecular complexity index is 398. The van der Waals surface area contributed by atoms with E-state index >= 15 is 0 Å². The van der Waals surface area contributed by atoms with Gasteiger partial charge < -0.3 is 5.11 Å². The van der Waals surface area contributed by atoms with E-state index in [0.29, 0.717) is 5.56 Å². The van der Waals surface area contributed by atoms with Gasteiger partial charge in [0, 0.05) is 5.56 Å². The van der Waals surface area contributed by atoms with Gasteiger partial charge >= 0.3 is 0 Å². The Labute approximate surface area is 90.9 Å². The Morgan fingerprint density at radius 2 is 1.53 bits per heavy atom. The molecule has 15 heavy (non-hydrogen) atoms. The van der Waals surface area contributed by atoms with Gasteiger partial charge in [0.25, 0.3) is 0 Å². The zero-order chi connectivity index (χ0) is 11.8.